The summed E-state index contributed by atoms with van der Waals surface area (Å²) in [5.74, 6) is 0.110. The maximum Gasteiger partial charge on any atom is 0.298 e. The number of anilines is 1. The van der Waals surface area contributed by atoms with Crippen molar-refractivity contribution in [3.8, 4) is 0 Å². The second-order valence-corrected chi connectivity index (χ2v) is 8.28. The largest absolute Gasteiger partial charge is 0.423 e. The van der Waals surface area contributed by atoms with E-state index in [1.807, 2.05) is 6.07 Å². The van der Waals surface area contributed by atoms with E-state index in [1.165, 1.54) is 0 Å². The lowest BCUT2D eigenvalue weighted by molar-refractivity contribution is -0.125. The molecule has 2 aromatic rings. The van der Waals surface area contributed by atoms with Gasteiger partial charge in [-0.15, -0.1) is 0 Å². The Balaban J connectivity index is 1.27. The molecule has 2 aliphatic rings. The number of benzene rings is 1. The molecule has 4 rings (SSSR count). The Morgan fingerprint density at radius 3 is 2.81 bits per heavy atom. The third-order valence-electron chi connectivity index (χ3n) is 5.90. The molecule has 1 aliphatic carbocycles. The quantitative estimate of drug-likeness (QED) is 0.815. The monoisotopic (exact) mass is 391 g/mol. The fourth-order valence-electron chi connectivity index (χ4n) is 4.20. The number of amides is 1. The van der Waals surface area contributed by atoms with E-state index >= 15 is 0 Å². The number of rotatable bonds is 5. The van der Waals surface area contributed by atoms with E-state index < -0.39 is 5.60 Å². The van der Waals surface area contributed by atoms with Gasteiger partial charge in [0.15, 0.2) is 5.58 Å². The van der Waals surface area contributed by atoms with Crippen LogP contribution in [0, 0.1) is 5.92 Å². The number of hydrogen-bond acceptors (Lipinski definition) is 5. The lowest BCUT2D eigenvalue weighted by Crippen LogP contribution is -2.42. The van der Waals surface area contributed by atoms with Crippen LogP contribution in [0.1, 0.15) is 44.9 Å². The van der Waals surface area contributed by atoms with Gasteiger partial charge in [0.1, 0.15) is 5.52 Å². The first kappa shape index (κ1) is 18.6. The van der Waals surface area contributed by atoms with Crippen molar-refractivity contribution in [3.63, 3.8) is 0 Å². The van der Waals surface area contributed by atoms with Crippen LogP contribution in [0.2, 0.25) is 5.02 Å². The van der Waals surface area contributed by atoms with Crippen LogP contribution in [0.15, 0.2) is 22.6 Å². The molecule has 0 unspecified atom stereocenters. The van der Waals surface area contributed by atoms with Crippen molar-refractivity contribution in [3.05, 3.63) is 23.2 Å². The van der Waals surface area contributed by atoms with Gasteiger partial charge < -0.3 is 19.7 Å². The normalized spacial score (nSPS) is 20.3. The molecule has 146 valence electrons. The summed E-state index contributed by atoms with van der Waals surface area (Å²) in [7, 11) is 0. The van der Waals surface area contributed by atoms with Crippen LogP contribution in [0.25, 0.3) is 11.1 Å². The predicted octanol–water partition coefficient (Wildman–Crippen LogP) is 3.51. The molecule has 0 atom stereocenters. The van der Waals surface area contributed by atoms with E-state index in [0.29, 0.717) is 29.6 Å². The van der Waals surface area contributed by atoms with E-state index in [2.05, 4.69) is 15.2 Å². The molecule has 2 N–H and O–H groups in total. The number of fused-ring (bicyclic) bond motifs is 1. The predicted molar refractivity (Wildman–Crippen MR) is 105 cm³/mol. The SMILES string of the molecule is O=C(NCCC1(O)CCCC1)C1CCN(c2nc3ccc(Cl)cc3o2)CC1. The summed E-state index contributed by atoms with van der Waals surface area (Å²) in [4.78, 5) is 19.0. The van der Waals surface area contributed by atoms with E-state index in [4.69, 9.17) is 16.0 Å². The van der Waals surface area contributed by atoms with Gasteiger partial charge in [-0.05, 0) is 44.2 Å². The number of nitrogens with zero attached hydrogens (tertiary/aromatic N) is 2. The van der Waals surface area contributed by atoms with Crippen LogP contribution in [0.5, 0.6) is 0 Å². The van der Waals surface area contributed by atoms with Crippen LogP contribution in [-0.4, -0.2) is 41.2 Å². The van der Waals surface area contributed by atoms with Crippen molar-refractivity contribution in [1.29, 1.82) is 0 Å². The molecule has 0 spiro atoms. The van der Waals surface area contributed by atoms with Gasteiger partial charge in [0.05, 0.1) is 5.60 Å². The van der Waals surface area contributed by atoms with Crippen LogP contribution in [-0.2, 0) is 4.79 Å². The Morgan fingerprint density at radius 1 is 1.33 bits per heavy atom. The number of carbonyl (C=O) groups is 1. The number of hydrogen-bond donors (Lipinski definition) is 2. The molecular formula is C20H26ClN3O3. The summed E-state index contributed by atoms with van der Waals surface area (Å²) in [6.07, 6.45) is 6.10. The van der Waals surface area contributed by atoms with E-state index in [0.717, 1.165) is 57.1 Å². The van der Waals surface area contributed by atoms with Crippen molar-refractivity contribution < 1.29 is 14.3 Å². The van der Waals surface area contributed by atoms with Gasteiger partial charge in [-0.25, -0.2) is 0 Å². The van der Waals surface area contributed by atoms with Crippen LogP contribution >= 0.6 is 11.6 Å². The number of halogens is 1. The highest BCUT2D eigenvalue weighted by molar-refractivity contribution is 6.31. The minimum absolute atomic E-state index is 0.0123. The average molecular weight is 392 g/mol. The number of piperidine rings is 1. The van der Waals surface area contributed by atoms with Gasteiger partial charge in [0.25, 0.3) is 6.01 Å². The summed E-state index contributed by atoms with van der Waals surface area (Å²) >= 11 is 6.00. The molecule has 2 fully saturated rings. The van der Waals surface area contributed by atoms with Crippen LogP contribution in [0.3, 0.4) is 0 Å². The van der Waals surface area contributed by atoms with Gasteiger partial charge in [-0.3, -0.25) is 4.79 Å². The fraction of sp³-hybridized carbons (Fsp3) is 0.600. The molecule has 0 bridgehead atoms. The van der Waals surface area contributed by atoms with Crippen molar-refractivity contribution in [2.24, 2.45) is 5.92 Å². The zero-order valence-corrected chi connectivity index (χ0v) is 16.2. The van der Waals surface area contributed by atoms with Crippen LogP contribution < -0.4 is 10.2 Å². The summed E-state index contributed by atoms with van der Waals surface area (Å²) in [5.41, 5.74) is 0.910. The number of aliphatic hydroxyl groups is 1. The molecule has 27 heavy (non-hydrogen) atoms. The Morgan fingerprint density at radius 2 is 2.07 bits per heavy atom. The van der Waals surface area contributed by atoms with E-state index in [9.17, 15) is 9.90 Å². The van der Waals surface area contributed by atoms with Crippen molar-refractivity contribution >= 4 is 34.6 Å². The highest BCUT2D eigenvalue weighted by Gasteiger charge is 2.31. The first-order chi connectivity index (χ1) is 13.0. The molecule has 1 aromatic carbocycles. The topological polar surface area (TPSA) is 78.6 Å². The van der Waals surface area contributed by atoms with Gasteiger partial charge >= 0.3 is 0 Å². The molecule has 1 amide bonds. The van der Waals surface area contributed by atoms with E-state index in [1.54, 1.807) is 12.1 Å². The van der Waals surface area contributed by atoms with Crippen molar-refractivity contribution in [2.75, 3.05) is 24.5 Å². The lowest BCUT2D eigenvalue weighted by Gasteiger charge is -2.30. The Bertz CT molecular complexity index is 808. The molecular weight excluding hydrogens is 366 g/mol. The summed E-state index contributed by atoms with van der Waals surface area (Å²) in [6, 6.07) is 6.01. The second kappa shape index (κ2) is 7.68. The second-order valence-electron chi connectivity index (χ2n) is 7.84. The highest BCUT2D eigenvalue weighted by Crippen LogP contribution is 2.32. The molecule has 1 aromatic heterocycles. The van der Waals surface area contributed by atoms with Gasteiger partial charge in [-0.2, -0.15) is 4.98 Å². The standard InChI is InChI=1S/C20H26ClN3O3/c21-15-3-4-16-17(13-15)27-19(23-16)24-11-5-14(6-12-24)18(25)22-10-9-20(26)7-1-2-8-20/h3-4,13-14,26H,1-2,5-12H2,(H,22,25). The number of aromatic nitrogens is 1. The van der Waals surface area contributed by atoms with Crippen molar-refractivity contribution in [1.82, 2.24) is 10.3 Å². The lowest BCUT2D eigenvalue weighted by atomic mass is 9.95. The minimum Gasteiger partial charge on any atom is -0.423 e. The Kier molecular flexibility index (Phi) is 5.28. The molecule has 1 saturated carbocycles. The molecule has 2 heterocycles. The zero-order valence-electron chi connectivity index (χ0n) is 15.4. The Hall–Kier alpha value is -1.79. The number of carbonyl (C=O) groups excluding carboxylic acids is 1. The number of oxazole rings is 1. The Labute approximate surface area is 163 Å². The number of nitrogens with one attached hydrogen (secondary N) is 1. The first-order valence-electron chi connectivity index (χ1n) is 9.84. The summed E-state index contributed by atoms with van der Waals surface area (Å²) < 4.78 is 5.82. The average Bonchev–Trinajstić information content (AvgIpc) is 3.28. The zero-order chi connectivity index (χ0) is 18.9. The first-order valence-corrected chi connectivity index (χ1v) is 10.2. The fourth-order valence-corrected chi connectivity index (χ4v) is 4.36. The van der Waals surface area contributed by atoms with E-state index in [-0.39, 0.29) is 11.8 Å². The third kappa shape index (κ3) is 4.22. The molecule has 7 heteroatoms. The summed E-state index contributed by atoms with van der Waals surface area (Å²) in [5, 5.41) is 14.0. The highest BCUT2D eigenvalue weighted by atomic mass is 35.5. The van der Waals surface area contributed by atoms with Gasteiger partial charge in [0, 0.05) is 36.6 Å². The van der Waals surface area contributed by atoms with Gasteiger partial charge in [0.2, 0.25) is 5.91 Å². The van der Waals surface area contributed by atoms with Crippen molar-refractivity contribution in [2.45, 2.75) is 50.5 Å². The molecule has 1 saturated heterocycles. The maximum absolute atomic E-state index is 12.4. The maximum atomic E-state index is 12.4. The van der Waals surface area contributed by atoms with Crippen LogP contribution in [0.4, 0.5) is 6.01 Å². The third-order valence-corrected chi connectivity index (χ3v) is 6.13. The molecule has 6 nitrogen and oxygen atoms in total. The summed E-state index contributed by atoms with van der Waals surface area (Å²) in [6.45, 7) is 2.03. The molecule has 1 aliphatic heterocycles. The van der Waals surface area contributed by atoms with Gasteiger partial charge in [-0.1, -0.05) is 24.4 Å². The smallest absolute Gasteiger partial charge is 0.298 e. The minimum atomic E-state index is -0.563. The molecule has 0 radical (unpaired) electrons.